The Kier molecular flexibility index (Phi) is 5.88. The lowest BCUT2D eigenvalue weighted by molar-refractivity contribution is 0.0940. The molecule has 1 aliphatic rings. The van der Waals surface area contributed by atoms with Crippen LogP contribution in [-0.2, 0) is 6.61 Å². The van der Waals surface area contributed by atoms with Crippen LogP contribution >= 0.6 is 0 Å². The van der Waals surface area contributed by atoms with E-state index in [0.717, 1.165) is 11.6 Å². The number of benzene rings is 2. The van der Waals surface area contributed by atoms with Gasteiger partial charge in [-0.25, -0.2) is 8.78 Å². The maximum absolute atomic E-state index is 14.0. The molecule has 1 unspecified atom stereocenters. The number of hydrogen-bond acceptors (Lipinski definition) is 4. The largest absolute Gasteiger partial charge is 0.489 e. The zero-order valence-electron chi connectivity index (χ0n) is 16.2. The highest BCUT2D eigenvalue weighted by atomic mass is 19.1. The Labute approximate surface area is 173 Å². The molecule has 0 aliphatic carbocycles. The number of halogens is 2. The van der Waals surface area contributed by atoms with E-state index in [4.69, 9.17) is 4.74 Å². The van der Waals surface area contributed by atoms with E-state index in [0.29, 0.717) is 43.1 Å². The Bertz CT molecular complexity index is 1030. The number of aromatic nitrogens is 1. The smallest absolute Gasteiger partial charge is 0.251 e. The van der Waals surface area contributed by atoms with E-state index in [-0.39, 0.29) is 11.9 Å². The minimum atomic E-state index is -0.606. The molecule has 4 rings (SSSR count). The molecule has 0 bridgehead atoms. The minimum Gasteiger partial charge on any atom is -0.489 e. The number of nitrogens with zero attached hydrogens (tertiary/aromatic N) is 2. The van der Waals surface area contributed by atoms with Crippen molar-refractivity contribution in [1.82, 2.24) is 10.3 Å². The van der Waals surface area contributed by atoms with Crippen LogP contribution in [0.2, 0.25) is 0 Å². The second kappa shape index (κ2) is 8.90. The quantitative estimate of drug-likeness (QED) is 0.670. The first-order valence-electron chi connectivity index (χ1n) is 9.71. The fraction of sp³-hybridized carbons (Fsp3) is 0.217. The first kappa shape index (κ1) is 19.8. The van der Waals surface area contributed by atoms with Crippen molar-refractivity contribution >= 4 is 11.6 Å². The summed E-state index contributed by atoms with van der Waals surface area (Å²) in [6.07, 6.45) is 4.11. The third-order valence-corrected chi connectivity index (χ3v) is 5.00. The zero-order chi connectivity index (χ0) is 20.9. The summed E-state index contributed by atoms with van der Waals surface area (Å²) in [5.74, 6) is -0.826. The van der Waals surface area contributed by atoms with Crippen LogP contribution in [0.3, 0.4) is 0 Å². The topological polar surface area (TPSA) is 54.5 Å². The number of ether oxygens (including phenoxy) is 1. The van der Waals surface area contributed by atoms with Crippen LogP contribution in [0.1, 0.15) is 22.3 Å². The number of anilines is 1. The van der Waals surface area contributed by atoms with Gasteiger partial charge in [-0.05, 0) is 42.8 Å². The molecule has 154 valence electrons. The SMILES string of the molecule is O=C(NC1CCN(c2ccc(F)cc2F)C1)c1cccc(OCc2cccnc2)c1. The van der Waals surface area contributed by atoms with Crippen molar-refractivity contribution in [1.29, 1.82) is 0 Å². The summed E-state index contributed by atoms with van der Waals surface area (Å²) in [5, 5.41) is 2.98. The van der Waals surface area contributed by atoms with Gasteiger partial charge in [0.1, 0.15) is 24.0 Å². The fourth-order valence-corrected chi connectivity index (χ4v) is 3.48. The highest BCUT2D eigenvalue weighted by Gasteiger charge is 2.26. The van der Waals surface area contributed by atoms with E-state index in [1.54, 1.807) is 36.7 Å². The highest BCUT2D eigenvalue weighted by Crippen LogP contribution is 2.24. The second-order valence-electron chi connectivity index (χ2n) is 7.18. The molecule has 1 amide bonds. The number of pyridine rings is 1. The van der Waals surface area contributed by atoms with Gasteiger partial charge in [-0.2, -0.15) is 0 Å². The standard InChI is InChI=1S/C23H21F2N3O2/c24-18-6-7-22(21(25)12-18)28-10-8-19(14-28)27-23(29)17-4-1-5-20(11-17)30-15-16-3-2-9-26-13-16/h1-7,9,11-13,19H,8,10,14-15H2,(H,27,29). The van der Waals surface area contributed by atoms with E-state index in [2.05, 4.69) is 10.3 Å². The lowest BCUT2D eigenvalue weighted by Crippen LogP contribution is -2.37. The molecule has 7 heteroatoms. The summed E-state index contributed by atoms with van der Waals surface area (Å²) in [7, 11) is 0. The van der Waals surface area contributed by atoms with Crippen LogP contribution in [0.15, 0.2) is 67.0 Å². The van der Waals surface area contributed by atoms with E-state index in [1.807, 2.05) is 17.0 Å². The molecule has 1 aromatic heterocycles. The van der Waals surface area contributed by atoms with Gasteiger partial charge in [-0.3, -0.25) is 9.78 Å². The summed E-state index contributed by atoms with van der Waals surface area (Å²) in [6, 6.07) is 14.1. The van der Waals surface area contributed by atoms with Crippen molar-refractivity contribution in [3.63, 3.8) is 0 Å². The molecule has 0 spiro atoms. The number of amides is 1. The van der Waals surface area contributed by atoms with E-state index < -0.39 is 11.6 Å². The van der Waals surface area contributed by atoms with Crippen molar-refractivity contribution in [2.24, 2.45) is 0 Å². The number of nitrogens with one attached hydrogen (secondary N) is 1. The van der Waals surface area contributed by atoms with Crippen molar-refractivity contribution in [2.75, 3.05) is 18.0 Å². The second-order valence-corrected chi connectivity index (χ2v) is 7.18. The molecule has 1 fully saturated rings. The number of carbonyl (C=O) groups is 1. The molecule has 30 heavy (non-hydrogen) atoms. The molecule has 2 heterocycles. The summed E-state index contributed by atoms with van der Waals surface area (Å²) in [4.78, 5) is 18.5. The summed E-state index contributed by atoms with van der Waals surface area (Å²) in [6.45, 7) is 1.41. The number of rotatable bonds is 6. The molecule has 1 atom stereocenters. The highest BCUT2D eigenvalue weighted by molar-refractivity contribution is 5.94. The molecule has 3 aromatic rings. The van der Waals surface area contributed by atoms with Crippen LogP contribution in [0.25, 0.3) is 0 Å². The van der Waals surface area contributed by atoms with Crippen molar-refractivity contribution in [3.05, 3.63) is 89.8 Å². The molecule has 0 saturated carbocycles. The lowest BCUT2D eigenvalue weighted by Gasteiger charge is -2.19. The molecule has 2 aromatic carbocycles. The Morgan fingerprint density at radius 3 is 2.87 bits per heavy atom. The monoisotopic (exact) mass is 409 g/mol. The van der Waals surface area contributed by atoms with Crippen LogP contribution < -0.4 is 15.0 Å². The number of carbonyl (C=O) groups excluding carboxylic acids is 1. The fourth-order valence-electron chi connectivity index (χ4n) is 3.48. The molecular weight excluding hydrogens is 388 g/mol. The van der Waals surface area contributed by atoms with Crippen LogP contribution in [0.4, 0.5) is 14.5 Å². The lowest BCUT2D eigenvalue weighted by atomic mass is 10.1. The van der Waals surface area contributed by atoms with Gasteiger partial charge in [0.2, 0.25) is 0 Å². The maximum atomic E-state index is 14.0. The molecule has 1 saturated heterocycles. The Morgan fingerprint density at radius 1 is 1.17 bits per heavy atom. The van der Waals surface area contributed by atoms with Gasteiger partial charge in [-0.1, -0.05) is 12.1 Å². The average Bonchev–Trinajstić information content (AvgIpc) is 3.21. The van der Waals surface area contributed by atoms with Crippen LogP contribution in [0.5, 0.6) is 5.75 Å². The normalized spacial score (nSPS) is 15.8. The molecule has 0 radical (unpaired) electrons. The van der Waals surface area contributed by atoms with Crippen LogP contribution in [0, 0.1) is 11.6 Å². The van der Waals surface area contributed by atoms with Gasteiger partial charge in [0.15, 0.2) is 0 Å². The first-order valence-corrected chi connectivity index (χ1v) is 9.71. The summed E-state index contributed by atoms with van der Waals surface area (Å²) >= 11 is 0. The van der Waals surface area contributed by atoms with Crippen LogP contribution in [-0.4, -0.2) is 30.0 Å². The van der Waals surface area contributed by atoms with E-state index in [9.17, 15) is 13.6 Å². The summed E-state index contributed by atoms with van der Waals surface area (Å²) in [5.41, 5.74) is 1.77. The average molecular weight is 409 g/mol. The third-order valence-electron chi connectivity index (χ3n) is 5.00. The Balaban J connectivity index is 1.35. The minimum absolute atomic E-state index is 0.123. The first-order chi connectivity index (χ1) is 14.6. The van der Waals surface area contributed by atoms with Gasteiger partial charge in [0.25, 0.3) is 5.91 Å². The van der Waals surface area contributed by atoms with Gasteiger partial charge in [-0.15, -0.1) is 0 Å². The molecular formula is C23H21F2N3O2. The molecule has 1 N–H and O–H groups in total. The molecule has 5 nitrogen and oxygen atoms in total. The van der Waals surface area contributed by atoms with Crippen molar-refractivity contribution < 1.29 is 18.3 Å². The molecule has 1 aliphatic heterocycles. The Morgan fingerprint density at radius 2 is 2.07 bits per heavy atom. The Hall–Kier alpha value is -3.48. The zero-order valence-corrected chi connectivity index (χ0v) is 16.2. The van der Waals surface area contributed by atoms with E-state index in [1.165, 1.54) is 12.1 Å². The maximum Gasteiger partial charge on any atom is 0.251 e. The van der Waals surface area contributed by atoms with Crippen molar-refractivity contribution in [3.8, 4) is 5.75 Å². The van der Waals surface area contributed by atoms with Crippen molar-refractivity contribution in [2.45, 2.75) is 19.1 Å². The van der Waals surface area contributed by atoms with Gasteiger partial charge in [0, 0.05) is 48.7 Å². The summed E-state index contributed by atoms with van der Waals surface area (Å²) < 4.78 is 32.9. The van der Waals surface area contributed by atoms with Gasteiger partial charge < -0.3 is 15.0 Å². The van der Waals surface area contributed by atoms with Gasteiger partial charge in [0.05, 0.1) is 5.69 Å². The predicted molar refractivity (Wildman–Crippen MR) is 109 cm³/mol. The van der Waals surface area contributed by atoms with E-state index >= 15 is 0 Å². The predicted octanol–water partition coefficient (Wildman–Crippen LogP) is 3.95. The van der Waals surface area contributed by atoms with Gasteiger partial charge >= 0.3 is 0 Å². The third kappa shape index (κ3) is 4.74. The number of hydrogen-bond donors (Lipinski definition) is 1.